The zero-order chi connectivity index (χ0) is 12.6. The number of aliphatic carboxylic acids is 1. The van der Waals surface area contributed by atoms with Gasteiger partial charge in [-0.25, -0.2) is 0 Å². The van der Waals surface area contributed by atoms with Gasteiger partial charge in [-0.05, 0) is 33.2 Å². The van der Waals surface area contributed by atoms with Crippen LogP contribution in [-0.4, -0.2) is 47.6 Å². The summed E-state index contributed by atoms with van der Waals surface area (Å²) >= 11 is 0. The topological polar surface area (TPSA) is 69.6 Å². The van der Waals surface area contributed by atoms with E-state index in [2.05, 4.69) is 24.2 Å². The lowest BCUT2D eigenvalue weighted by Crippen LogP contribution is -2.41. The highest BCUT2D eigenvalue weighted by Crippen LogP contribution is 2.38. The van der Waals surface area contributed by atoms with Gasteiger partial charge in [0.25, 0.3) is 0 Å². The van der Waals surface area contributed by atoms with Crippen LogP contribution >= 0.6 is 0 Å². The van der Waals surface area contributed by atoms with Crippen LogP contribution < -0.4 is 5.32 Å². The first-order valence-corrected chi connectivity index (χ1v) is 6.23. The van der Waals surface area contributed by atoms with Crippen molar-refractivity contribution in [2.45, 2.75) is 38.3 Å². The largest absolute Gasteiger partial charge is 0.481 e. The van der Waals surface area contributed by atoms with Crippen molar-refractivity contribution in [3.8, 4) is 0 Å². The van der Waals surface area contributed by atoms with Crippen LogP contribution in [0.1, 0.15) is 26.2 Å². The van der Waals surface area contributed by atoms with E-state index in [4.69, 9.17) is 5.11 Å². The number of carbonyl (C=O) groups is 2. The van der Waals surface area contributed by atoms with Gasteiger partial charge in [-0.3, -0.25) is 14.5 Å². The standard InChI is InChI=1S/C12H20N2O3/c1-7(14(2)8-3-4-8)6-13-11(15)9-5-10(9)12(16)17/h7-10H,3-6H2,1-2H3,(H,13,15)(H,16,17)/t7?,9-,10+/m1/s1. The minimum absolute atomic E-state index is 0.103. The molecule has 1 unspecified atom stereocenters. The molecule has 0 saturated heterocycles. The molecular weight excluding hydrogens is 220 g/mol. The van der Waals surface area contributed by atoms with E-state index in [1.54, 1.807) is 0 Å². The Hall–Kier alpha value is -1.10. The van der Waals surface area contributed by atoms with Gasteiger partial charge in [-0.2, -0.15) is 0 Å². The third-order valence-electron chi connectivity index (χ3n) is 3.83. The minimum atomic E-state index is -0.853. The molecule has 0 radical (unpaired) electrons. The van der Waals surface area contributed by atoms with E-state index in [1.165, 1.54) is 12.8 Å². The Morgan fingerprint density at radius 3 is 2.53 bits per heavy atom. The van der Waals surface area contributed by atoms with E-state index in [0.717, 1.165) is 0 Å². The second kappa shape index (κ2) is 4.64. The monoisotopic (exact) mass is 240 g/mol. The molecule has 5 heteroatoms. The third kappa shape index (κ3) is 2.97. The van der Waals surface area contributed by atoms with E-state index in [9.17, 15) is 9.59 Å². The highest BCUT2D eigenvalue weighted by molar-refractivity contribution is 5.89. The van der Waals surface area contributed by atoms with Gasteiger partial charge in [0.15, 0.2) is 0 Å². The van der Waals surface area contributed by atoms with Crippen molar-refractivity contribution >= 4 is 11.9 Å². The van der Waals surface area contributed by atoms with Crippen molar-refractivity contribution in [3.63, 3.8) is 0 Å². The van der Waals surface area contributed by atoms with Crippen LogP contribution in [0.5, 0.6) is 0 Å². The summed E-state index contributed by atoms with van der Waals surface area (Å²) in [4.78, 5) is 24.6. The third-order valence-corrected chi connectivity index (χ3v) is 3.83. The number of rotatable bonds is 6. The summed E-state index contributed by atoms with van der Waals surface area (Å²) in [5.41, 5.74) is 0. The summed E-state index contributed by atoms with van der Waals surface area (Å²) in [6, 6.07) is 0.989. The van der Waals surface area contributed by atoms with Gasteiger partial charge in [0.05, 0.1) is 11.8 Å². The van der Waals surface area contributed by atoms with Crippen molar-refractivity contribution in [1.82, 2.24) is 10.2 Å². The van der Waals surface area contributed by atoms with Crippen LogP contribution in [0, 0.1) is 11.8 Å². The molecule has 2 aliphatic rings. The highest BCUT2D eigenvalue weighted by atomic mass is 16.4. The Morgan fingerprint density at radius 2 is 2.06 bits per heavy atom. The number of carboxylic acids is 1. The highest BCUT2D eigenvalue weighted by Gasteiger charge is 2.48. The zero-order valence-corrected chi connectivity index (χ0v) is 10.3. The molecule has 0 heterocycles. The first-order valence-electron chi connectivity index (χ1n) is 6.23. The Bertz CT molecular complexity index is 328. The summed E-state index contributed by atoms with van der Waals surface area (Å²) < 4.78 is 0. The summed E-state index contributed by atoms with van der Waals surface area (Å²) in [7, 11) is 2.08. The summed E-state index contributed by atoms with van der Waals surface area (Å²) in [6.07, 6.45) is 2.99. The molecule has 3 atom stereocenters. The molecule has 1 amide bonds. The average Bonchev–Trinajstić information content (AvgIpc) is 3.16. The number of amides is 1. The second-order valence-electron chi connectivity index (χ2n) is 5.28. The normalized spacial score (nSPS) is 28.9. The number of nitrogens with one attached hydrogen (secondary N) is 1. The molecular formula is C12H20N2O3. The maximum absolute atomic E-state index is 11.6. The molecule has 2 N–H and O–H groups in total. The number of hydrogen-bond acceptors (Lipinski definition) is 3. The van der Waals surface area contributed by atoms with Crippen molar-refractivity contribution < 1.29 is 14.7 Å². The van der Waals surface area contributed by atoms with Crippen LogP contribution in [0.2, 0.25) is 0 Å². The molecule has 2 fully saturated rings. The van der Waals surface area contributed by atoms with Gasteiger partial charge >= 0.3 is 5.97 Å². The van der Waals surface area contributed by atoms with Gasteiger partial charge in [0, 0.05) is 18.6 Å². The lowest BCUT2D eigenvalue weighted by molar-refractivity contribution is -0.140. The summed E-state index contributed by atoms with van der Waals surface area (Å²) in [6.45, 7) is 2.69. The number of hydrogen-bond donors (Lipinski definition) is 2. The predicted molar refractivity (Wildman–Crippen MR) is 62.5 cm³/mol. The fourth-order valence-electron chi connectivity index (χ4n) is 2.12. The number of carboxylic acid groups (broad SMARTS) is 1. The number of likely N-dealkylation sites (N-methyl/N-ethyl adjacent to an activating group) is 1. The number of nitrogens with zero attached hydrogens (tertiary/aromatic N) is 1. The lowest BCUT2D eigenvalue weighted by atomic mass is 10.2. The van der Waals surface area contributed by atoms with E-state index < -0.39 is 11.9 Å². The maximum atomic E-state index is 11.6. The average molecular weight is 240 g/mol. The smallest absolute Gasteiger partial charge is 0.307 e. The SMILES string of the molecule is CC(CNC(=O)[C@@H]1C[C@@H]1C(=O)O)N(C)C1CC1. The van der Waals surface area contributed by atoms with Crippen molar-refractivity contribution in [3.05, 3.63) is 0 Å². The number of carbonyl (C=O) groups excluding carboxylic acids is 1. The Kier molecular flexibility index (Phi) is 3.38. The molecule has 2 saturated carbocycles. The lowest BCUT2D eigenvalue weighted by Gasteiger charge is -2.24. The molecule has 0 aliphatic heterocycles. The maximum Gasteiger partial charge on any atom is 0.307 e. The van der Waals surface area contributed by atoms with Crippen molar-refractivity contribution in [2.24, 2.45) is 11.8 Å². The van der Waals surface area contributed by atoms with Gasteiger partial charge in [0.2, 0.25) is 5.91 Å². The van der Waals surface area contributed by atoms with Crippen LogP contribution in [0.15, 0.2) is 0 Å². The van der Waals surface area contributed by atoms with Gasteiger partial charge in [0.1, 0.15) is 0 Å². The minimum Gasteiger partial charge on any atom is -0.481 e. The molecule has 0 aromatic heterocycles. The quantitative estimate of drug-likeness (QED) is 0.701. The molecule has 2 rings (SSSR count). The summed E-state index contributed by atoms with van der Waals surface area (Å²) in [5.74, 6) is -1.71. The zero-order valence-electron chi connectivity index (χ0n) is 10.3. The van der Waals surface area contributed by atoms with Crippen LogP contribution in [-0.2, 0) is 9.59 Å². The molecule has 0 aromatic rings. The van der Waals surface area contributed by atoms with Crippen LogP contribution in [0.3, 0.4) is 0 Å². The Morgan fingerprint density at radius 1 is 1.41 bits per heavy atom. The molecule has 5 nitrogen and oxygen atoms in total. The first-order chi connectivity index (χ1) is 8.00. The molecule has 0 aromatic carbocycles. The second-order valence-corrected chi connectivity index (χ2v) is 5.28. The molecule has 0 spiro atoms. The fourth-order valence-corrected chi connectivity index (χ4v) is 2.12. The Balaban J connectivity index is 1.68. The molecule has 17 heavy (non-hydrogen) atoms. The predicted octanol–water partition coefficient (Wildman–Crippen LogP) is 0.306. The van der Waals surface area contributed by atoms with Crippen molar-refractivity contribution in [1.29, 1.82) is 0 Å². The molecule has 2 aliphatic carbocycles. The molecule has 0 bridgehead atoms. The first kappa shape index (κ1) is 12.4. The van der Waals surface area contributed by atoms with E-state index >= 15 is 0 Å². The van der Waals surface area contributed by atoms with E-state index in [-0.39, 0.29) is 11.8 Å². The Labute approximate surface area is 101 Å². The van der Waals surface area contributed by atoms with Crippen LogP contribution in [0.4, 0.5) is 0 Å². The van der Waals surface area contributed by atoms with Gasteiger partial charge < -0.3 is 10.4 Å². The summed E-state index contributed by atoms with van der Waals surface area (Å²) in [5, 5.41) is 11.6. The van der Waals surface area contributed by atoms with Crippen LogP contribution in [0.25, 0.3) is 0 Å². The van der Waals surface area contributed by atoms with E-state index in [1.807, 2.05) is 0 Å². The van der Waals surface area contributed by atoms with Gasteiger partial charge in [-0.1, -0.05) is 0 Å². The van der Waals surface area contributed by atoms with E-state index in [0.29, 0.717) is 25.0 Å². The molecule has 96 valence electrons. The van der Waals surface area contributed by atoms with Crippen molar-refractivity contribution in [2.75, 3.05) is 13.6 Å². The fraction of sp³-hybridized carbons (Fsp3) is 0.833. The van der Waals surface area contributed by atoms with Gasteiger partial charge in [-0.15, -0.1) is 0 Å².